The summed E-state index contributed by atoms with van der Waals surface area (Å²) in [6, 6.07) is 11.7. The van der Waals surface area contributed by atoms with Gasteiger partial charge >= 0.3 is 0 Å². The van der Waals surface area contributed by atoms with E-state index in [0.29, 0.717) is 24.3 Å². The summed E-state index contributed by atoms with van der Waals surface area (Å²) < 4.78 is 13.1. The molecule has 0 aliphatic rings. The number of rotatable bonds is 6. The largest absolute Gasteiger partial charge is 0.355 e. The third kappa shape index (κ3) is 5.72. The Morgan fingerprint density at radius 1 is 0.880 bits per heavy atom. The van der Waals surface area contributed by atoms with Gasteiger partial charge in [0.25, 0.3) is 11.8 Å². The van der Waals surface area contributed by atoms with Crippen LogP contribution < -0.4 is 16.0 Å². The number of anilines is 1. The smallest absolute Gasteiger partial charge is 0.255 e. The summed E-state index contributed by atoms with van der Waals surface area (Å²) in [6.07, 6.45) is 0. The second-order valence-corrected chi connectivity index (χ2v) is 5.28. The Hall–Kier alpha value is -3.22. The Kier molecular flexibility index (Phi) is 6.22. The first-order chi connectivity index (χ1) is 12.0. The molecular weight excluding hydrogens is 325 g/mol. The van der Waals surface area contributed by atoms with Crippen LogP contribution in [0, 0.1) is 5.82 Å². The maximum Gasteiger partial charge on any atom is 0.255 e. The van der Waals surface area contributed by atoms with Crippen LogP contribution in [0.3, 0.4) is 0 Å². The summed E-state index contributed by atoms with van der Waals surface area (Å²) in [4.78, 5) is 34.7. The van der Waals surface area contributed by atoms with Gasteiger partial charge in [0.15, 0.2) is 0 Å². The highest BCUT2D eigenvalue weighted by atomic mass is 19.1. The third-order valence-electron chi connectivity index (χ3n) is 3.28. The first kappa shape index (κ1) is 18.1. The van der Waals surface area contributed by atoms with Gasteiger partial charge in [-0.05, 0) is 42.5 Å². The molecule has 0 spiro atoms. The maximum atomic E-state index is 13.1. The van der Waals surface area contributed by atoms with Gasteiger partial charge in [0, 0.05) is 36.8 Å². The second kappa shape index (κ2) is 8.58. The summed E-state index contributed by atoms with van der Waals surface area (Å²) >= 11 is 0. The molecule has 25 heavy (non-hydrogen) atoms. The fraction of sp³-hybridized carbons (Fsp3) is 0.167. The Morgan fingerprint density at radius 2 is 1.56 bits per heavy atom. The molecule has 2 aromatic carbocycles. The van der Waals surface area contributed by atoms with E-state index in [-0.39, 0.29) is 17.4 Å². The van der Waals surface area contributed by atoms with Crippen LogP contribution in [0.15, 0.2) is 48.5 Å². The van der Waals surface area contributed by atoms with Crippen molar-refractivity contribution in [3.63, 3.8) is 0 Å². The van der Waals surface area contributed by atoms with E-state index in [2.05, 4.69) is 16.0 Å². The third-order valence-corrected chi connectivity index (χ3v) is 3.28. The zero-order valence-electron chi connectivity index (χ0n) is 13.6. The predicted octanol–water partition coefficient (Wildman–Crippen LogP) is 1.94. The molecule has 7 heteroatoms. The van der Waals surface area contributed by atoms with Crippen LogP contribution in [0.2, 0.25) is 0 Å². The Balaban J connectivity index is 1.90. The fourth-order valence-corrected chi connectivity index (χ4v) is 2.05. The van der Waals surface area contributed by atoms with Crippen molar-refractivity contribution < 1.29 is 18.8 Å². The molecule has 6 nitrogen and oxygen atoms in total. The van der Waals surface area contributed by atoms with Crippen LogP contribution in [0.1, 0.15) is 27.6 Å². The van der Waals surface area contributed by atoms with Crippen LogP contribution in [0.5, 0.6) is 0 Å². The Bertz CT molecular complexity index is 775. The van der Waals surface area contributed by atoms with Crippen LogP contribution in [0.25, 0.3) is 0 Å². The molecule has 0 bridgehead atoms. The SMILES string of the molecule is CC(=O)NCCNC(=O)c1ccc(NC(=O)c2cccc(F)c2)cc1. The van der Waals surface area contributed by atoms with E-state index in [1.54, 1.807) is 24.3 Å². The van der Waals surface area contributed by atoms with Gasteiger partial charge in [0.1, 0.15) is 5.82 Å². The van der Waals surface area contributed by atoms with Crippen LogP contribution >= 0.6 is 0 Å². The van der Waals surface area contributed by atoms with Gasteiger partial charge in [0.2, 0.25) is 5.91 Å². The van der Waals surface area contributed by atoms with E-state index < -0.39 is 11.7 Å². The zero-order chi connectivity index (χ0) is 18.2. The molecule has 0 fully saturated rings. The van der Waals surface area contributed by atoms with Gasteiger partial charge < -0.3 is 16.0 Å². The molecule has 130 valence electrons. The highest BCUT2D eigenvalue weighted by Gasteiger charge is 2.08. The molecule has 0 aliphatic carbocycles. The average Bonchev–Trinajstić information content (AvgIpc) is 2.59. The van der Waals surface area contributed by atoms with E-state index in [9.17, 15) is 18.8 Å². The van der Waals surface area contributed by atoms with Crippen LogP contribution in [-0.2, 0) is 4.79 Å². The first-order valence-electron chi connectivity index (χ1n) is 7.65. The molecule has 2 rings (SSSR count). The van der Waals surface area contributed by atoms with Crippen molar-refractivity contribution in [2.45, 2.75) is 6.92 Å². The van der Waals surface area contributed by atoms with Gasteiger partial charge in [-0.1, -0.05) is 6.07 Å². The second-order valence-electron chi connectivity index (χ2n) is 5.28. The summed E-state index contributed by atoms with van der Waals surface area (Å²) in [5.74, 6) is -1.37. The number of carbonyl (C=O) groups is 3. The number of nitrogens with one attached hydrogen (secondary N) is 3. The van der Waals surface area contributed by atoms with Crippen molar-refractivity contribution in [2.75, 3.05) is 18.4 Å². The number of amides is 3. The van der Waals surface area contributed by atoms with Gasteiger partial charge in [-0.2, -0.15) is 0 Å². The molecule has 0 saturated heterocycles. The molecule has 3 amide bonds. The molecular formula is C18H18FN3O3. The van der Waals surface area contributed by atoms with Crippen molar-refractivity contribution in [2.24, 2.45) is 0 Å². The van der Waals surface area contributed by atoms with Gasteiger partial charge in [-0.15, -0.1) is 0 Å². The molecule has 2 aromatic rings. The lowest BCUT2D eigenvalue weighted by Gasteiger charge is -2.08. The molecule has 0 heterocycles. The quantitative estimate of drug-likeness (QED) is 0.701. The molecule has 0 unspecified atom stereocenters. The highest BCUT2D eigenvalue weighted by Crippen LogP contribution is 2.12. The van der Waals surface area contributed by atoms with E-state index >= 15 is 0 Å². The molecule has 0 atom stereocenters. The average molecular weight is 343 g/mol. The zero-order valence-corrected chi connectivity index (χ0v) is 13.6. The van der Waals surface area contributed by atoms with E-state index in [1.807, 2.05) is 0 Å². The first-order valence-corrected chi connectivity index (χ1v) is 7.65. The van der Waals surface area contributed by atoms with Crippen molar-refractivity contribution in [3.05, 3.63) is 65.5 Å². The van der Waals surface area contributed by atoms with Crippen LogP contribution in [0.4, 0.5) is 10.1 Å². The van der Waals surface area contributed by atoms with Crippen molar-refractivity contribution in [1.29, 1.82) is 0 Å². The molecule has 0 aromatic heterocycles. The highest BCUT2D eigenvalue weighted by molar-refractivity contribution is 6.04. The summed E-state index contributed by atoms with van der Waals surface area (Å²) in [5, 5.41) is 7.87. The summed E-state index contributed by atoms with van der Waals surface area (Å²) in [6.45, 7) is 2.07. The number of benzene rings is 2. The van der Waals surface area contributed by atoms with Gasteiger partial charge in [0.05, 0.1) is 0 Å². The lowest BCUT2D eigenvalue weighted by atomic mass is 10.1. The summed E-state index contributed by atoms with van der Waals surface area (Å²) in [5.41, 5.74) is 1.12. The van der Waals surface area contributed by atoms with E-state index in [4.69, 9.17) is 0 Å². The molecule has 3 N–H and O–H groups in total. The van der Waals surface area contributed by atoms with Gasteiger partial charge in [-0.3, -0.25) is 14.4 Å². The minimum Gasteiger partial charge on any atom is -0.355 e. The number of carbonyl (C=O) groups excluding carboxylic acids is 3. The normalized spacial score (nSPS) is 10.0. The Morgan fingerprint density at radius 3 is 2.20 bits per heavy atom. The molecule has 0 radical (unpaired) electrons. The van der Waals surface area contributed by atoms with Crippen molar-refractivity contribution in [1.82, 2.24) is 10.6 Å². The topological polar surface area (TPSA) is 87.3 Å². The van der Waals surface area contributed by atoms with Gasteiger partial charge in [-0.25, -0.2) is 4.39 Å². The number of hydrogen-bond donors (Lipinski definition) is 3. The predicted molar refractivity (Wildman–Crippen MR) is 91.8 cm³/mol. The molecule has 0 saturated carbocycles. The lowest BCUT2D eigenvalue weighted by Crippen LogP contribution is -2.33. The van der Waals surface area contributed by atoms with Crippen molar-refractivity contribution in [3.8, 4) is 0 Å². The summed E-state index contributed by atoms with van der Waals surface area (Å²) in [7, 11) is 0. The van der Waals surface area contributed by atoms with Crippen molar-refractivity contribution >= 4 is 23.4 Å². The molecule has 0 aliphatic heterocycles. The number of halogens is 1. The standard InChI is InChI=1S/C18H18FN3O3/c1-12(23)20-9-10-21-17(24)13-5-7-16(8-6-13)22-18(25)14-3-2-4-15(19)11-14/h2-8,11H,9-10H2,1H3,(H,20,23)(H,21,24)(H,22,25). The Labute approximate surface area is 144 Å². The maximum absolute atomic E-state index is 13.1. The minimum absolute atomic E-state index is 0.160. The van der Waals surface area contributed by atoms with E-state index in [0.717, 1.165) is 6.07 Å². The fourth-order valence-electron chi connectivity index (χ4n) is 2.05. The van der Waals surface area contributed by atoms with Crippen LogP contribution in [-0.4, -0.2) is 30.8 Å². The monoisotopic (exact) mass is 343 g/mol. The minimum atomic E-state index is -0.487. The lowest BCUT2D eigenvalue weighted by molar-refractivity contribution is -0.118. The number of hydrogen-bond acceptors (Lipinski definition) is 3. The van der Waals surface area contributed by atoms with E-state index in [1.165, 1.54) is 25.1 Å².